The highest BCUT2D eigenvalue weighted by molar-refractivity contribution is 9.10. The number of carbonyl (C=O) groups is 2. The highest BCUT2D eigenvalue weighted by Crippen LogP contribution is 2.44. The van der Waals surface area contributed by atoms with Crippen molar-refractivity contribution in [1.29, 1.82) is 0 Å². The summed E-state index contributed by atoms with van der Waals surface area (Å²) in [4.78, 5) is 37.0. The van der Waals surface area contributed by atoms with Crippen LogP contribution in [0, 0.1) is 0 Å². The number of ether oxygens (including phenoxy) is 6. The quantitative estimate of drug-likeness (QED) is 0.183. The first-order valence-corrected chi connectivity index (χ1v) is 18.7. The number of benzene rings is 1. The molecule has 6 rings (SSSR count). The van der Waals surface area contributed by atoms with Crippen LogP contribution in [-0.2, 0) is 28.4 Å². The van der Waals surface area contributed by atoms with Crippen molar-refractivity contribution in [3.8, 4) is 11.4 Å². The lowest BCUT2D eigenvalue weighted by Crippen LogP contribution is -2.59. The number of hydrogen-bond acceptors (Lipinski definition) is 14. The second-order valence-electron chi connectivity index (χ2n) is 13.8. The summed E-state index contributed by atoms with van der Waals surface area (Å²) in [5, 5.41) is 10.7. The average Bonchev–Trinajstić information content (AvgIpc) is 3.73. The van der Waals surface area contributed by atoms with Gasteiger partial charge in [-0.1, -0.05) is 47.3 Å². The molecule has 3 aromatic heterocycles. The van der Waals surface area contributed by atoms with Gasteiger partial charge in [-0.05, 0) is 63.5 Å². The number of halogens is 1. The third-order valence-electron chi connectivity index (χ3n) is 7.50. The Balaban J connectivity index is 1.32. The van der Waals surface area contributed by atoms with Crippen LogP contribution in [0.1, 0.15) is 59.4 Å². The van der Waals surface area contributed by atoms with E-state index in [4.69, 9.17) is 28.4 Å². The van der Waals surface area contributed by atoms with Crippen LogP contribution >= 0.6 is 39.0 Å². The number of hydrogen-bond donors (Lipinski definition) is 0. The number of rotatable bonds is 7. The van der Waals surface area contributed by atoms with Crippen molar-refractivity contribution in [3.63, 3.8) is 0 Å². The van der Waals surface area contributed by atoms with Gasteiger partial charge in [0.15, 0.2) is 6.29 Å². The standard InChI is InChI=1S/C34H39BrN6O8S2/c1-33(2,3)48-31(42)41(32(43)49-34(4,5)6)30-37-23(18-50-30)22-16-40(39-38-22)25-26-24(17-45-28(47-26)19-11-9-8-10-12-19)46-29(27(25)44-7)51-21-13-20(35)14-36-15-21/h8-16,18,24-29H,17H2,1-7H3/t24?,25-,26-,27?,28?,29+/m0/s1. The third kappa shape index (κ3) is 8.96. The molecule has 4 aromatic rings. The molecule has 2 amide bonds. The Kier molecular flexibility index (Phi) is 11.2. The van der Waals surface area contributed by atoms with Crippen LogP contribution in [-0.4, -0.2) is 85.8 Å². The number of imide groups is 1. The van der Waals surface area contributed by atoms with Crippen molar-refractivity contribution in [2.75, 3.05) is 18.6 Å². The Labute approximate surface area is 312 Å². The summed E-state index contributed by atoms with van der Waals surface area (Å²) in [7, 11) is 1.62. The van der Waals surface area contributed by atoms with Gasteiger partial charge < -0.3 is 28.4 Å². The second kappa shape index (κ2) is 15.3. The molecule has 0 saturated carbocycles. The number of thiazole rings is 1. The van der Waals surface area contributed by atoms with Crippen LogP contribution in [0.15, 0.2) is 69.7 Å². The Morgan fingerprint density at radius 3 is 2.37 bits per heavy atom. The van der Waals surface area contributed by atoms with E-state index in [0.717, 1.165) is 31.2 Å². The number of carbonyl (C=O) groups excluding carboxylic acids is 2. The molecule has 17 heteroatoms. The summed E-state index contributed by atoms with van der Waals surface area (Å²) >= 11 is 6.03. The molecular weight excluding hydrogens is 764 g/mol. The van der Waals surface area contributed by atoms with Crippen molar-refractivity contribution in [2.24, 2.45) is 0 Å². The van der Waals surface area contributed by atoms with E-state index in [9.17, 15) is 9.59 Å². The number of amides is 2. The molecule has 3 unspecified atom stereocenters. The Morgan fingerprint density at radius 2 is 1.73 bits per heavy atom. The summed E-state index contributed by atoms with van der Waals surface area (Å²) in [6.07, 6.45) is 1.20. The van der Waals surface area contributed by atoms with Gasteiger partial charge in [0.2, 0.25) is 5.13 Å². The second-order valence-corrected chi connectivity index (χ2v) is 16.7. The molecule has 1 aromatic carbocycles. The smallest absolute Gasteiger partial charge is 0.426 e. The molecule has 2 aliphatic heterocycles. The summed E-state index contributed by atoms with van der Waals surface area (Å²) in [5.41, 5.74) is -0.570. The number of fused-ring (bicyclic) bond motifs is 1. The Morgan fingerprint density at radius 1 is 1.02 bits per heavy atom. The van der Waals surface area contributed by atoms with E-state index in [1.54, 1.807) is 77.3 Å². The van der Waals surface area contributed by atoms with Crippen LogP contribution in [0.2, 0.25) is 0 Å². The number of pyridine rings is 1. The monoisotopic (exact) mass is 802 g/mol. The van der Waals surface area contributed by atoms with E-state index in [1.807, 2.05) is 36.4 Å². The number of methoxy groups -OCH3 is 1. The van der Waals surface area contributed by atoms with E-state index >= 15 is 0 Å². The van der Waals surface area contributed by atoms with Gasteiger partial charge in [0, 0.05) is 39.8 Å². The number of anilines is 1. The van der Waals surface area contributed by atoms with Gasteiger partial charge in [-0.25, -0.2) is 19.3 Å². The first-order chi connectivity index (χ1) is 24.2. The Hall–Kier alpha value is -3.45. The topological polar surface area (TPSA) is 149 Å². The minimum absolute atomic E-state index is 0.0570. The van der Waals surface area contributed by atoms with Gasteiger partial charge in [0.05, 0.1) is 12.8 Å². The van der Waals surface area contributed by atoms with Gasteiger partial charge in [-0.2, -0.15) is 4.90 Å². The molecule has 0 radical (unpaired) electrons. The van der Waals surface area contributed by atoms with Crippen molar-refractivity contribution in [3.05, 3.63) is 70.4 Å². The fourth-order valence-corrected chi connectivity index (χ4v) is 7.96. The van der Waals surface area contributed by atoms with Gasteiger partial charge in [-0.15, -0.1) is 16.4 Å². The molecule has 2 fully saturated rings. The van der Waals surface area contributed by atoms with Gasteiger partial charge in [-0.3, -0.25) is 4.98 Å². The maximum atomic E-state index is 13.2. The first-order valence-electron chi connectivity index (χ1n) is 16.1. The molecule has 272 valence electrons. The highest BCUT2D eigenvalue weighted by atomic mass is 79.9. The largest absolute Gasteiger partial charge is 0.443 e. The number of nitrogens with zero attached hydrogens (tertiary/aromatic N) is 6. The molecule has 14 nitrogen and oxygen atoms in total. The van der Waals surface area contributed by atoms with Crippen molar-refractivity contribution in [2.45, 2.75) is 93.7 Å². The van der Waals surface area contributed by atoms with E-state index < -0.39 is 59.5 Å². The van der Waals surface area contributed by atoms with Crippen LogP contribution in [0.3, 0.4) is 0 Å². The average molecular weight is 804 g/mol. The van der Waals surface area contributed by atoms with Crippen LogP contribution in [0.4, 0.5) is 14.7 Å². The normalized spacial score (nSPS) is 23.7. The first kappa shape index (κ1) is 37.3. The molecule has 6 atom stereocenters. The van der Waals surface area contributed by atoms with Crippen molar-refractivity contribution >= 4 is 56.3 Å². The van der Waals surface area contributed by atoms with Gasteiger partial charge in [0.1, 0.15) is 52.4 Å². The zero-order valence-electron chi connectivity index (χ0n) is 29.1. The fraction of sp³-hybridized carbons (Fsp3) is 0.471. The number of thioether (sulfide) groups is 1. The van der Waals surface area contributed by atoms with Crippen molar-refractivity contribution < 1.29 is 38.0 Å². The zero-order valence-corrected chi connectivity index (χ0v) is 32.3. The summed E-state index contributed by atoms with van der Waals surface area (Å²) in [5.74, 6) is 0. The van der Waals surface area contributed by atoms with Crippen LogP contribution < -0.4 is 4.90 Å². The molecule has 0 spiro atoms. The third-order valence-corrected chi connectivity index (χ3v) is 9.87. The minimum atomic E-state index is -0.911. The maximum Gasteiger partial charge on any atom is 0.426 e. The van der Waals surface area contributed by atoms with E-state index in [-0.39, 0.29) is 11.7 Å². The molecule has 0 N–H and O–H groups in total. The summed E-state index contributed by atoms with van der Waals surface area (Å²) < 4.78 is 39.1. The summed E-state index contributed by atoms with van der Waals surface area (Å²) in [6.45, 7) is 10.5. The number of aromatic nitrogens is 5. The predicted molar refractivity (Wildman–Crippen MR) is 192 cm³/mol. The highest BCUT2D eigenvalue weighted by Gasteiger charge is 2.52. The molecule has 5 heterocycles. The van der Waals surface area contributed by atoms with Crippen LogP contribution in [0.5, 0.6) is 0 Å². The molecule has 0 bridgehead atoms. The lowest BCUT2D eigenvalue weighted by Gasteiger charge is -2.48. The maximum absolute atomic E-state index is 13.2. The molecular formula is C34H39BrN6O8S2. The lowest BCUT2D eigenvalue weighted by atomic mass is 9.95. The van der Waals surface area contributed by atoms with E-state index in [0.29, 0.717) is 11.4 Å². The summed E-state index contributed by atoms with van der Waals surface area (Å²) in [6, 6.07) is 11.1. The fourth-order valence-electron chi connectivity index (χ4n) is 5.45. The van der Waals surface area contributed by atoms with E-state index in [2.05, 4.69) is 36.2 Å². The predicted octanol–water partition coefficient (Wildman–Crippen LogP) is 7.42. The van der Waals surface area contributed by atoms with Crippen molar-refractivity contribution in [1.82, 2.24) is 25.0 Å². The lowest BCUT2D eigenvalue weighted by molar-refractivity contribution is -0.308. The minimum Gasteiger partial charge on any atom is -0.443 e. The SMILES string of the molecule is COC1[C@@H](Sc2cncc(Br)c2)OC2COC(c3ccccc3)O[C@@H]2[C@@H]1n1cc(-c2csc(N(C(=O)OC(C)(C)C)C(=O)OC(C)(C)C)n2)nn1. The zero-order chi connectivity index (χ0) is 36.5. The van der Waals surface area contributed by atoms with Gasteiger partial charge in [0.25, 0.3) is 0 Å². The molecule has 0 aliphatic carbocycles. The Bertz CT molecular complexity index is 1800. The molecule has 2 saturated heterocycles. The van der Waals surface area contributed by atoms with Crippen LogP contribution in [0.25, 0.3) is 11.4 Å². The van der Waals surface area contributed by atoms with E-state index in [1.165, 1.54) is 11.8 Å². The molecule has 51 heavy (non-hydrogen) atoms. The molecule has 2 aliphatic rings. The van der Waals surface area contributed by atoms with Gasteiger partial charge >= 0.3 is 12.2 Å².